The number of likely N-dealkylation sites (tertiary alicyclic amines) is 1. The minimum atomic E-state index is -0.206. The molecule has 1 aromatic carbocycles. The first-order chi connectivity index (χ1) is 11.6. The topological polar surface area (TPSA) is 56.7 Å². The monoisotopic (exact) mass is 334 g/mol. The Morgan fingerprint density at radius 3 is 2.54 bits per heavy atom. The van der Waals surface area contributed by atoms with Crippen LogP contribution in [0.2, 0.25) is 0 Å². The summed E-state index contributed by atoms with van der Waals surface area (Å²) >= 11 is 0. The lowest BCUT2D eigenvalue weighted by Crippen LogP contribution is -2.46. The highest BCUT2D eigenvalue weighted by Gasteiger charge is 2.22. The quantitative estimate of drug-likeness (QED) is 0.638. The van der Waals surface area contributed by atoms with Gasteiger partial charge in [-0.15, -0.1) is 0 Å². The first kappa shape index (κ1) is 18.2. The molecule has 5 nitrogen and oxygen atoms in total. The molecule has 0 bridgehead atoms. The van der Waals surface area contributed by atoms with Crippen molar-refractivity contribution in [3.63, 3.8) is 0 Å². The third-order valence-electron chi connectivity index (χ3n) is 4.49. The Balaban J connectivity index is 1.74. The second kappa shape index (κ2) is 9.25. The number of nitrogens with one attached hydrogen (secondary N) is 2. The number of piperidine rings is 1. The molecule has 0 saturated carbocycles. The fourth-order valence-electron chi connectivity index (χ4n) is 3.02. The molecule has 6 heteroatoms. The van der Waals surface area contributed by atoms with Crippen molar-refractivity contribution < 1.29 is 9.18 Å². The summed E-state index contributed by atoms with van der Waals surface area (Å²) in [5.74, 6) is 1.27. The van der Waals surface area contributed by atoms with Crippen LogP contribution in [0.25, 0.3) is 0 Å². The first-order valence-corrected chi connectivity index (χ1v) is 8.53. The molecule has 132 valence electrons. The van der Waals surface area contributed by atoms with Gasteiger partial charge in [0.15, 0.2) is 5.96 Å². The second-order valence-electron chi connectivity index (χ2n) is 6.16. The van der Waals surface area contributed by atoms with E-state index >= 15 is 0 Å². The Bertz CT molecular complexity index is 551. The van der Waals surface area contributed by atoms with Gasteiger partial charge in [0.25, 0.3) is 0 Å². The molecule has 1 amide bonds. The van der Waals surface area contributed by atoms with Crippen molar-refractivity contribution in [2.75, 3.05) is 33.7 Å². The fourth-order valence-corrected chi connectivity index (χ4v) is 3.02. The van der Waals surface area contributed by atoms with Crippen LogP contribution in [-0.2, 0) is 11.2 Å². The lowest BCUT2D eigenvalue weighted by atomic mass is 9.93. The molecular weight excluding hydrogens is 307 g/mol. The number of aliphatic imine (C=N–C) groups is 1. The number of halogens is 1. The van der Waals surface area contributed by atoms with Crippen LogP contribution < -0.4 is 10.6 Å². The molecule has 0 unspecified atom stereocenters. The predicted octanol–water partition coefficient (Wildman–Crippen LogP) is 1.79. The highest BCUT2D eigenvalue weighted by Crippen LogP contribution is 2.20. The van der Waals surface area contributed by atoms with Crippen LogP contribution in [0.4, 0.5) is 4.39 Å². The summed E-state index contributed by atoms with van der Waals surface area (Å²) in [6, 6.07) is 6.59. The molecule has 2 N–H and O–H groups in total. The molecule has 1 aromatic rings. The van der Waals surface area contributed by atoms with Crippen LogP contribution in [0.1, 0.15) is 24.8 Å². The van der Waals surface area contributed by atoms with Gasteiger partial charge in [-0.3, -0.25) is 9.79 Å². The summed E-state index contributed by atoms with van der Waals surface area (Å²) in [4.78, 5) is 18.1. The van der Waals surface area contributed by atoms with Gasteiger partial charge in [0.1, 0.15) is 5.82 Å². The predicted molar refractivity (Wildman–Crippen MR) is 94.4 cm³/mol. The third-order valence-corrected chi connectivity index (χ3v) is 4.49. The molecule has 0 aliphatic carbocycles. The van der Waals surface area contributed by atoms with Gasteiger partial charge in [-0.25, -0.2) is 4.39 Å². The minimum Gasteiger partial charge on any atom is -0.359 e. The van der Waals surface area contributed by atoms with E-state index in [0.717, 1.165) is 50.4 Å². The maximum atomic E-state index is 12.9. The zero-order valence-electron chi connectivity index (χ0n) is 14.5. The largest absolute Gasteiger partial charge is 0.359 e. The lowest BCUT2D eigenvalue weighted by molar-refractivity contribution is -0.121. The number of rotatable bonds is 5. The van der Waals surface area contributed by atoms with Gasteiger partial charge in [-0.1, -0.05) is 12.1 Å². The van der Waals surface area contributed by atoms with Gasteiger partial charge in [-0.2, -0.15) is 0 Å². The maximum absolute atomic E-state index is 12.9. The Morgan fingerprint density at radius 1 is 1.29 bits per heavy atom. The van der Waals surface area contributed by atoms with E-state index in [9.17, 15) is 9.18 Å². The van der Waals surface area contributed by atoms with E-state index in [1.54, 1.807) is 14.1 Å². The van der Waals surface area contributed by atoms with Crippen LogP contribution in [0.15, 0.2) is 29.3 Å². The number of carbonyl (C=O) groups is 1. The van der Waals surface area contributed by atoms with Crippen molar-refractivity contribution in [1.29, 1.82) is 0 Å². The normalized spacial score (nSPS) is 16.1. The van der Waals surface area contributed by atoms with Crippen LogP contribution in [0, 0.1) is 11.7 Å². The summed E-state index contributed by atoms with van der Waals surface area (Å²) in [5.41, 5.74) is 1.10. The molecule has 1 saturated heterocycles. The lowest BCUT2D eigenvalue weighted by Gasteiger charge is -2.34. The fraction of sp³-hybridized carbons (Fsp3) is 0.556. The standard InChI is InChI=1S/C18H27FN4O/c1-20-17(24)13-15-8-11-23(12-9-15)18(21-2)22-10-7-14-3-5-16(19)6-4-14/h3-6,15H,7-13H2,1-2H3,(H,20,24)(H,21,22). The number of nitrogens with zero attached hydrogens (tertiary/aromatic N) is 2. The number of carbonyl (C=O) groups excluding carboxylic acids is 1. The highest BCUT2D eigenvalue weighted by molar-refractivity contribution is 5.80. The van der Waals surface area contributed by atoms with E-state index in [0.29, 0.717) is 12.3 Å². The van der Waals surface area contributed by atoms with Crippen molar-refractivity contribution in [3.8, 4) is 0 Å². The molecule has 1 aliphatic rings. The molecule has 0 spiro atoms. The first-order valence-electron chi connectivity index (χ1n) is 8.53. The molecule has 1 heterocycles. The highest BCUT2D eigenvalue weighted by atomic mass is 19.1. The van der Waals surface area contributed by atoms with Crippen LogP contribution >= 0.6 is 0 Å². The number of guanidine groups is 1. The second-order valence-corrected chi connectivity index (χ2v) is 6.16. The van der Waals surface area contributed by atoms with Gasteiger partial charge in [0, 0.05) is 40.2 Å². The number of hydrogen-bond donors (Lipinski definition) is 2. The van der Waals surface area contributed by atoms with E-state index in [4.69, 9.17) is 0 Å². The summed E-state index contributed by atoms with van der Waals surface area (Å²) in [5, 5.41) is 6.06. The molecule has 1 fully saturated rings. The van der Waals surface area contributed by atoms with Crippen LogP contribution in [0.5, 0.6) is 0 Å². The Hall–Kier alpha value is -2.11. The number of amides is 1. The van der Waals surface area contributed by atoms with Gasteiger partial charge in [0.2, 0.25) is 5.91 Å². The molecular formula is C18H27FN4O. The van der Waals surface area contributed by atoms with Crippen LogP contribution in [-0.4, -0.2) is 50.5 Å². The minimum absolute atomic E-state index is 0.121. The van der Waals surface area contributed by atoms with Gasteiger partial charge < -0.3 is 15.5 Å². The summed E-state index contributed by atoms with van der Waals surface area (Å²) in [6.07, 6.45) is 3.45. The zero-order valence-corrected chi connectivity index (χ0v) is 14.5. The summed E-state index contributed by atoms with van der Waals surface area (Å²) in [6.45, 7) is 2.59. The van der Waals surface area contributed by atoms with Crippen molar-refractivity contribution in [2.45, 2.75) is 25.7 Å². The zero-order chi connectivity index (χ0) is 17.4. The Morgan fingerprint density at radius 2 is 1.96 bits per heavy atom. The average molecular weight is 334 g/mol. The van der Waals surface area contributed by atoms with E-state index < -0.39 is 0 Å². The van der Waals surface area contributed by atoms with Gasteiger partial charge >= 0.3 is 0 Å². The maximum Gasteiger partial charge on any atom is 0.220 e. The molecule has 0 atom stereocenters. The average Bonchev–Trinajstić information content (AvgIpc) is 2.61. The molecule has 24 heavy (non-hydrogen) atoms. The van der Waals surface area contributed by atoms with Crippen molar-refractivity contribution >= 4 is 11.9 Å². The Kier molecular flexibility index (Phi) is 7.03. The van der Waals surface area contributed by atoms with Crippen molar-refractivity contribution in [1.82, 2.24) is 15.5 Å². The third kappa shape index (κ3) is 5.51. The molecule has 0 aromatic heterocycles. The number of benzene rings is 1. The van der Waals surface area contributed by atoms with Gasteiger partial charge in [-0.05, 0) is 42.9 Å². The SMILES string of the molecule is CN=C(NCCc1ccc(F)cc1)N1CCC(CC(=O)NC)CC1. The van der Waals surface area contributed by atoms with E-state index in [-0.39, 0.29) is 11.7 Å². The smallest absolute Gasteiger partial charge is 0.220 e. The van der Waals surface area contributed by atoms with E-state index in [1.165, 1.54) is 12.1 Å². The molecule has 0 radical (unpaired) electrons. The van der Waals surface area contributed by atoms with E-state index in [1.807, 2.05) is 12.1 Å². The van der Waals surface area contributed by atoms with E-state index in [2.05, 4.69) is 20.5 Å². The van der Waals surface area contributed by atoms with Gasteiger partial charge in [0.05, 0.1) is 0 Å². The van der Waals surface area contributed by atoms with Crippen molar-refractivity contribution in [3.05, 3.63) is 35.6 Å². The Labute approximate surface area is 143 Å². The molecule has 1 aliphatic heterocycles. The summed E-state index contributed by atoms with van der Waals surface area (Å²) in [7, 11) is 3.47. The molecule has 2 rings (SSSR count). The van der Waals surface area contributed by atoms with Crippen molar-refractivity contribution in [2.24, 2.45) is 10.9 Å². The van der Waals surface area contributed by atoms with Crippen LogP contribution in [0.3, 0.4) is 0 Å². The summed E-state index contributed by atoms with van der Waals surface area (Å²) < 4.78 is 12.9. The number of hydrogen-bond acceptors (Lipinski definition) is 2.